The molecule has 1 saturated heterocycles. The van der Waals surface area contributed by atoms with Crippen LogP contribution in [0.15, 0.2) is 41.8 Å². The van der Waals surface area contributed by atoms with E-state index in [0.29, 0.717) is 12.5 Å². The number of nitrogens with zero attached hydrogens (tertiary/aromatic N) is 1. The van der Waals surface area contributed by atoms with Crippen LogP contribution in [-0.2, 0) is 21.7 Å². The quantitative estimate of drug-likeness (QED) is 0.665. The third-order valence-corrected chi connectivity index (χ3v) is 5.81. The summed E-state index contributed by atoms with van der Waals surface area (Å²) in [7, 11) is 0. The largest absolute Gasteiger partial charge is 0.389 e. The first-order valence-electron chi connectivity index (χ1n) is 9.34. The molecular weight excluding hydrogens is 376 g/mol. The molecule has 7 heteroatoms. The first-order valence-corrected chi connectivity index (χ1v) is 10.2. The number of rotatable bonds is 8. The summed E-state index contributed by atoms with van der Waals surface area (Å²) in [6.07, 6.45) is -0.944. The lowest BCUT2D eigenvalue weighted by Gasteiger charge is -2.23. The highest BCUT2D eigenvalue weighted by Crippen LogP contribution is 2.30. The predicted octanol–water partition coefficient (Wildman–Crippen LogP) is 3.22. The predicted molar refractivity (Wildman–Crippen MR) is 108 cm³/mol. The Bertz CT molecular complexity index is 819. The molecule has 1 aromatic heterocycles. The minimum atomic E-state index is -1.13. The summed E-state index contributed by atoms with van der Waals surface area (Å²) in [5.41, 5.74) is 0.755. The molecule has 0 radical (unpaired) electrons. The lowest BCUT2D eigenvalue weighted by molar-refractivity contribution is -0.132. The van der Waals surface area contributed by atoms with Crippen molar-refractivity contribution in [3.8, 4) is 0 Å². The maximum atomic E-state index is 12.9. The minimum absolute atomic E-state index is 0.0504. The van der Waals surface area contributed by atoms with Gasteiger partial charge in [0.25, 0.3) is 5.91 Å². The summed E-state index contributed by atoms with van der Waals surface area (Å²) < 4.78 is 5.48. The van der Waals surface area contributed by atoms with E-state index in [0.717, 1.165) is 15.3 Å². The van der Waals surface area contributed by atoms with Crippen LogP contribution in [0.3, 0.4) is 0 Å². The summed E-state index contributed by atoms with van der Waals surface area (Å²) >= 11 is 1.57. The van der Waals surface area contributed by atoms with Gasteiger partial charge in [0.15, 0.2) is 0 Å². The molecule has 0 spiro atoms. The summed E-state index contributed by atoms with van der Waals surface area (Å²) in [4.78, 5) is 27.5. The zero-order valence-electron chi connectivity index (χ0n) is 16.3. The molecule has 2 N–H and O–H groups in total. The van der Waals surface area contributed by atoms with Crippen molar-refractivity contribution in [2.45, 2.75) is 44.9 Å². The van der Waals surface area contributed by atoms with Crippen molar-refractivity contribution in [1.29, 1.82) is 0 Å². The number of benzene rings is 1. The summed E-state index contributed by atoms with van der Waals surface area (Å²) in [5.74, 6) is 0.0173. The number of hydrogen-bond donors (Lipinski definition) is 2. The Labute approximate surface area is 169 Å². The Morgan fingerprint density at radius 2 is 1.93 bits per heavy atom. The topological polar surface area (TPSA) is 78.9 Å². The van der Waals surface area contributed by atoms with Gasteiger partial charge in [-0.05, 0) is 35.4 Å². The Kier molecular flexibility index (Phi) is 6.17. The molecule has 6 nitrogen and oxygen atoms in total. The van der Waals surface area contributed by atoms with Crippen molar-refractivity contribution in [2.24, 2.45) is 0 Å². The van der Waals surface area contributed by atoms with Gasteiger partial charge in [0.1, 0.15) is 5.54 Å². The van der Waals surface area contributed by atoms with E-state index in [1.54, 1.807) is 18.3 Å². The van der Waals surface area contributed by atoms with Gasteiger partial charge < -0.3 is 15.2 Å². The summed E-state index contributed by atoms with van der Waals surface area (Å²) in [5, 5.41) is 14.9. The summed E-state index contributed by atoms with van der Waals surface area (Å²) in [6.45, 7) is 6.24. The van der Waals surface area contributed by atoms with Gasteiger partial charge >= 0.3 is 6.03 Å². The highest BCUT2D eigenvalue weighted by atomic mass is 32.1. The number of carbonyl (C=O) groups excluding carboxylic acids is 2. The number of thiophene rings is 1. The molecule has 0 unspecified atom stereocenters. The fraction of sp³-hybridized carbons (Fsp3) is 0.429. The molecule has 1 fully saturated rings. The molecule has 3 rings (SSSR count). The van der Waals surface area contributed by atoms with E-state index < -0.39 is 17.7 Å². The molecule has 3 amide bonds. The average molecular weight is 403 g/mol. The van der Waals surface area contributed by atoms with Crippen LogP contribution in [-0.4, -0.2) is 41.2 Å². The van der Waals surface area contributed by atoms with Gasteiger partial charge in [-0.3, -0.25) is 9.69 Å². The Balaban J connectivity index is 1.62. The van der Waals surface area contributed by atoms with E-state index in [1.807, 2.05) is 41.8 Å². The summed E-state index contributed by atoms with van der Waals surface area (Å²) in [6, 6.07) is 11.1. The van der Waals surface area contributed by atoms with Crippen LogP contribution in [0, 0.1) is 0 Å². The van der Waals surface area contributed by atoms with Crippen molar-refractivity contribution in [3.05, 3.63) is 57.8 Å². The lowest BCUT2D eigenvalue weighted by Crippen LogP contribution is -2.42. The van der Waals surface area contributed by atoms with Gasteiger partial charge in [-0.2, -0.15) is 0 Å². The van der Waals surface area contributed by atoms with E-state index in [9.17, 15) is 14.7 Å². The number of urea groups is 1. The van der Waals surface area contributed by atoms with Crippen molar-refractivity contribution < 1.29 is 19.4 Å². The van der Waals surface area contributed by atoms with E-state index >= 15 is 0 Å². The van der Waals surface area contributed by atoms with E-state index in [2.05, 4.69) is 19.2 Å². The van der Waals surface area contributed by atoms with Crippen molar-refractivity contribution in [3.63, 3.8) is 0 Å². The number of imide groups is 1. The molecule has 0 saturated carbocycles. The first-order chi connectivity index (χ1) is 13.3. The number of ether oxygens (including phenoxy) is 1. The normalized spacial score (nSPS) is 20.7. The smallest absolute Gasteiger partial charge is 0.325 e. The van der Waals surface area contributed by atoms with Crippen LogP contribution >= 0.6 is 11.3 Å². The van der Waals surface area contributed by atoms with Crippen LogP contribution in [0.1, 0.15) is 42.7 Å². The molecular formula is C21H26N2O4S. The van der Waals surface area contributed by atoms with Crippen LogP contribution in [0.4, 0.5) is 4.79 Å². The molecule has 0 bridgehead atoms. The second kappa shape index (κ2) is 8.43. The van der Waals surface area contributed by atoms with Crippen molar-refractivity contribution in [1.82, 2.24) is 10.2 Å². The zero-order valence-corrected chi connectivity index (χ0v) is 17.2. The third-order valence-electron chi connectivity index (χ3n) is 4.96. The molecule has 2 atom stereocenters. The fourth-order valence-corrected chi connectivity index (χ4v) is 3.85. The molecule has 0 aliphatic carbocycles. The monoisotopic (exact) mass is 402 g/mol. The van der Waals surface area contributed by atoms with Crippen LogP contribution in [0.2, 0.25) is 0 Å². The first kappa shape index (κ1) is 20.5. The SMILES string of the molecule is CC(C)c1ccc([C@]2(C)NC(=O)N(C[C@@H](O)COCc3cccs3)C2=O)cc1. The second-order valence-corrected chi connectivity index (χ2v) is 8.53. The Morgan fingerprint density at radius 1 is 1.21 bits per heavy atom. The highest BCUT2D eigenvalue weighted by molar-refractivity contribution is 7.09. The van der Waals surface area contributed by atoms with E-state index in [4.69, 9.17) is 4.74 Å². The molecule has 2 aromatic rings. The minimum Gasteiger partial charge on any atom is -0.389 e. The lowest BCUT2D eigenvalue weighted by atomic mass is 9.90. The maximum absolute atomic E-state index is 12.9. The highest BCUT2D eigenvalue weighted by Gasteiger charge is 2.49. The van der Waals surface area contributed by atoms with Gasteiger partial charge in [0, 0.05) is 4.88 Å². The van der Waals surface area contributed by atoms with Gasteiger partial charge in [0.05, 0.1) is 25.9 Å². The average Bonchev–Trinajstić information content (AvgIpc) is 3.25. The molecule has 150 valence electrons. The van der Waals surface area contributed by atoms with Crippen LogP contribution in [0.5, 0.6) is 0 Å². The number of aliphatic hydroxyl groups is 1. The van der Waals surface area contributed by atoms with Crippen molar-refractivity contribution in [2.75, 3.05) is 13.2 Å². The van der Waals surface area contributed by atoms with Crippen LogP contribution < -0.4 is 5.32 Å². The maximum Gasteiger partial charge on any atom is 0.325 e. The number of β-amino-alcohol motifs (C(OH)–C–C–N with tert-alkyl or cyclic N) is 1. The second-order valence-electron chi connectivity index (χ2n) is 7.50. The molecule has 1 aliphatic heterocycles. The number of carbonyl (C=O) groups is 2. The van der Waals surface area contributed by atoms with Crippen LogP contribution in [0.25, 0.3) is 0 Å². The third kappa shape index (κ3) is 4.27. The Morgan fingerprint density at radius 3 is 2.54 bits per heavy atom. The van der Waals surface area contributed by atoms with E-state index in [1.165, 1.54) is 5.56 Å². The molecule has 1 aromatic carbocycles. The van der Waals surface area contributed by atoms with Gasteiger partial charge in [-0.15, -0.1) is 11.3 Å². The fourth-order valence-electron chi connectivity index (χ4n) is 3.21. The number of nitrogens with one attached hydrogen (secondary N) is 1. The number of aliphatic hydroxyl groups excluding tert-OH is 1. The van der Waals surface area contributed by atoms with Gasteiger partial charge in [0.2, 0.25) is 0 Å². The standard InChI is InChI=1S/C21H26N2O4S/c1-14(2)15-6-8-16(9-7-15)21(3)19(25)23(20(26)22-21)11-17(24)12-27-13-18-5-4-10-28-18/h4-10,14,17,24H,11-13H2,1-3H3,(H,22,26)/t17-,21+/m1/s1. The van der Waals surface area contributed by atoms with Gasteiger partial charge in [-0.25, -0.2) is 4.79 Å². The molecule has 28 heavy (non-hydrogen) atoms. The number of hydrogen-bond acceptors (Lipinski definition) is 5. The van der Waals surface area contributed by atoms with Gasteiger partial charge in [-0.1, -0.05) is 44.2 Å². The Hall–Kier alpha value is -2.22. The molecule has 2 heterocycles. The van der Waals surface area contributed by atoms with Crippen molar-refractivity contribution >= 4 is 23.3 Å². The zero-order chi connectivity index (χ0) is 20.3. The molecule has 1 aliphatic rings. The van der Waals surface area contributed by atoms with E-state index in [-0.39, 0.29) is 19.1 Å². The number of amides is 3.